The summed E-state index contributed by atoms with van der Waals surface area (Å²) < 4.78 is 30.4. The van der Waals surface area contributed by atoms with Crippen molar-refractivity contribution < 1.29 is 13.2 Å². The molecule has 7 nitrogen and oxygen atoms in total. The highest BCUT2D eigenvalue weighted by atomic mass is 32.2. The number of hydrogen-bond donors (Lipinski definition) is 2. The van der Waals surface area contributed by atoms with Crippen molar-refractivity contribution in [3.8, 4) is 0 Å². The molecule has 0 aromatic carbocycles. The molecule has 1 fully saturated rings. The lowest BCUT2D eigenvalue weighted by molar-refractivity contribution is 0.128. The van der Waals surface area contributed by atoms with Crippen LogP contribution in [0.4, 0.5) is 0 Å². The molecule has 8 heteroatoms. The molecule has 1 aliphatic heterocycles. The third kappa shape index (κ3) is 7.42. The van der Waals surface area contributed by atoms with Crippen LogP contribution < -0.4 is 10.6 Å². The molecular weight excluding hydrogens is 304 g/mol. The van der Waals surface area contributed by atoms with Gasteiger partial charge in [-0.25, -0.2) is 12.7 Å². The van der Waals surface area contributed by atoms with Gasteiger partial charge < -0.3 is 15.4 Å². The summed E-state index contributed by atoms with van der Waals surface area (Å²) in [7, 11) is -1.32. The number of guanidine groups is 1. The molecule has 2 N–H and O–H groups in total. The van der Waals surface area contributed by atoms with Gasteiger partial charge in [0.2, 0.25) is 10.0 Å². The quantitative estimate of drug-likeness (QED) is 0.359. The topological polar surface area (TPSA) is 83.0 Å². The van der Waals surface area contributed by atoms with E-state index in [9.17, 15) is 8.42 Å². The molecule has 0 aromatic heterocycles. The number of ether oxygens (including phenoxy) is 1. The van der Waals surface area contributed by atoms with Gasteiger partial charge in [-0.1, -0.05) is 13.8 Å². The molecule has 0 aliphatic carbocycles. The number of hydrogen-bond acceptors (Lipinski definition) is 4. The molecule has 0 atom stereocenters. The Bertz CT molecular complexity index is 437. The van der Waals surface area contributed by atoms with Crippen LogP contribution in [0.15, 0.2) is 4.99 Å². The SMILES string of the molecule is CN=C(NCCOCCC(C)C)NCCN1CCCS1(=O)=O. The largest absolute Gasteiger partial charge is 0.380 e. The minimum atomic E-state index is -3.01. The fourth-order valence-electron chi connectivity index (χ4n) is 2.12. The van der Waals surface area contributed by atoms with Crippen molar-refractivity contribution in [1.82, 2.24) is 14.9 Å². The van der Waals surface area contributed by atoms with Gasteiger partial charge >= 0.3 is 0 Å². The Morgan fingerprint density at radius 1 is 1.27 bits per heavy atom. The van der Waals surface area contributed by atoms with E-state index in [1.165, 1.54) is 4.31 Å². The Labute approximate surface area is 134 Å². The standard InChI is InChI=1S/C14H30N4O3S/c1-13(2)5-10-21-11-7-17-14(15-3)16-6-9-18-8-4-12-22(18,19)20/h13H,4-12H2,1-3H3,(H2,15,16,17). The van der Waals surface area contributed by atoms with E-state index in [2.05, 4.69) is 29.5 Å². The fourth-order valence-corrected chi connectivity index (χ4v) is 3.65. The first-order chi connectivity index (χ1) is 10.5. The minimum absolute atomic E-state index is 0.272. The summed E-state index contributed by atoms with van der Waals surface area (Å²) in [5.41, 5.74) is 0. The smallest absolute Gasteiger partial charge is 0.214 e. The Hall–Kier alpha value is -0.860. The van der Waals surface area contributed by atoms with Crippen molar-refractivity contribution in [1.29, 1.82) is 0 Å². The van der Waals surface area contributed by atoms with Crippen molar-refractivity contribution in [2.75, 3.05) is 52.2 Å². The summed E-state index contributed by atoms with van der Waals surface area (Å²) in [6.45, 7) is 8.09. The molecular formula is C14H30N4O3S. The van der Waals surface area contributed by atoms with E-state index in [1.807, 2.05) is 0 Å². The Morgan fingerprint density at radius 2 is 2.00 bits per heavy atom. The summed E-state index contributed by atoms with van der Waals surface area (Å²) >= 11 is 0. The second kappa shape index (κ2) is 10.0. The van der Waals surface area contributed by atoms with Gasteiger partial charge in [0.05, 0.1) is 12.4 Å². The van der Waals surface area contributed by atoms with E-state index >= 15 is 0 Å². The van der Waals surface area contributed by atoms with Crippen LogP contribution in [0.3, 0.4) is 0 Å². The Balaban J connectivity index is 2.10. The monoisotopic (exact) mass is 334 g/mol. The number of nitrogens with one attached hydrogen (secondary N) is 2. The third-order valence-electron chi connectivity index (χ3n) is 3.46. The predicted molar refractivity (Wildman–Crippen MR) is 89.6 cm³/mol. The molecule has 0 unspecified atom stereocenters. The summed E-state index contributed by atoms with van der Waals surface area (Å²) in [5.74, 6) is 1.60. The summed E-state index contributed by atoms with van der Waals surface area (Å²) in [4.78, 5) is 4.11. The van der Waals surface area contributed by atoms with E-state index in [-0.39, 0.29) is 5.75 Å². The van der Waals surface area contributed by atoms with Crippen LogP contribution in [0, 0.1) is 5.92 Å². The number of sulfonamides is 1. The highest BCUT2D eigenvalue weighted by Crippen LogP contribution is 2.11. The van der Waals surface area contributed by atoms with E-state index in [0.29, 0.717) is 44.7 Å². The van der Waals surface area contributed by atoms with Crippen molar-refractivity contribution in [3.05, 3.63) is 0 Å². The second-order valence-electron chi connectivity index (χ2n) is 5.79. The van der Waals surface area contributed by atoms with Crippen LogP contribution >= 0.6 is 0 Å². The van der Waals surface area contributed by atoms with Gasteiger partial charge in [-0.2, -0.15) is 0 Å². The number of aliphatic imine (C=N–C) groups is 1. The van der Waals surface area contributed by atoms with Crippen LogP contribution in [0.5, 0.6) is 0 Å². The molecule has 0 bridgehead atoms. The molecule has 1 saturated heterocycles. The lowest BCUT2D eigenvalue weighted by Gasteiger charge is -2.16. The van der Waals surface area contributed by atoms with Crippen LogP contribution in [-0.4, -0.2) is 70.9 Å². The van der Waals surface area contributed by atoms with Gasteiger partial charge in [0.15, 0.2) is 5.96 Å². The van der Waals surface area contributed by atoms with Gasteiger partial charge in [-0.05, 0) is 18.8 Å². The first-order valence-electron chi connectivity index (χ1n) is 7.96. The van der Waals surface area contributed by atoms with Crippen molar-refractivity contribution in [3.63, 3.8) is 0 Å². The minimum Gasteiger partial charge on any atom is -0.380 e. The van der Waals surface area contributed by atoms with Crippen LogP contribution in [0.25, 0.3) is 0 Å². The molecule has 1 heterocycles. The molecule has 130 valence electrons. The normalized spacial score (nSPS) is 18.8. The first-order valence-corrected chi connectivity index (χ1v) is 9.56. The van der Waals surface area contributed by atoms with E-state index < -0.39 is 10.0 Å². The number of nitrogens with zero attached hydrogens (tertiary/aromatic N) is 2. The molecule has 1 aliphatic rings. The highest BCUT2D eigenvalue weighted by Gasteiger charge is 2.27. The fraction of sp³-hybridized carbons (Fsp3) is 0.929. The van der Waals surface area contributed by atoms with Gasteiger partial charge in [-0.3, -0.25) is 4.99 Å². The van der Waals surface area contributed by atoms with Crippen LogP contribution in [0.2, 0.25) is 0 Å². The van der Waals surface area contributed by atoms with Crippen molar-refractivity contribution in [2.24, 2.45) is 10.9 Å². The molecule has 22 heavy (non-hydrogen) atoms. The highest BCUT2D eigenvalue weighted by molar-refractivity contribution is 7.89. The summed E-state index contributed by atoms with van der Waals surface area (Å²) in [6, 6.07) is 0. The van der Waals surface area contributed by atoms with E-state index in [1.54, 1.807) is 7.05 Å². The molecule has 0 saturated carbocycles. The molecule has 0 amide bonds. The first kappa shape index (κ1) is 19.2. The average molecular weight is 334 g/mol. The molecule has 0 radical (unpaired) electrons. The lowest BCUT2D eigenvalue weighted by Crippen LogP contribution is -2.42. The average Bonchev–Trinajstić information content (AvgIpc) is 2.79. The van der Waals surface area contributed by atoms with Crippen molar-refractivity contribution >= 4 is 16.0 Å². The third-order valence-corrected chi connectivity index (χ3v) is 5.42. The maximum atomic E-state index is 11.7. The predicted octanol–water partition coefficient (Wildman–Crippen LogP) is 0.250. The zero-order valence-corrected chi connectivity index (χ0v) is 14.8. The summed E-state index contributed by atoms with van der Waals surface area (Å²) in [5, 5.41) is 6.27. The number of rotatable bonds is 9. The zero-order chi connectivity index (χ0) is 16.4. The summed E-state index contributed by atoms with van der Waals surface area (Å²) in [6.07, 6.45) is 1.79. The van der Waals surface area contributed by atoms with Crippen LogP contribution in [-0.2, 0) is 14.8 Å². The van der Waals surface area contributed by atoms with Crippen molar-refractivity contribution in [2.45, 2.75) is 26.7 Å². The Morgan fingerprint density at radius 3 is 2.59 bits per heavy atom. The van der Waals surface area contributed by atoms with E-state index in [0.717, 1.165) is 19.4 Å². The second-order valence-corrected chi connectivity index (χ2v) is 7.88. The lowest BCUT2D eigenvalue weighted by atomic mass is 10.1. The Kier molecular flexibility index (Phi) is 8.74. The van der Waals surface area contributed by atoms with Gasteiger partial charge in [-0.15, -0.1) is 0 Å². The van der Waals surface area contributed by atoms with E-state index in [4.69, 9.17) is 4.74 Å². The van der Waals surface area contributed by atoms with Crippen LogP contribution in [0.1, 0.15) is 26.7 Å². The molecule has 0 aromatic rings. The maximum Gasteiger partial charge on any atom is 0.214 e. The van der Waals surface area contributed by atoms with Gasteiger partial charge in [0.25, 0.3) is 0 Å². The molecule has 1 rings (SSSR count). The van der Waals surface area contributed by atoms with Gasteiger partial charge in [0, 0.05) is 39.8 Å². The molecule has 0 spiro atoms. The van der Waals surface area contributed by atoms with Gasteiger partial charge in [0.1, 0.15) is 0 Å². The maximum absolute atomic E-state index is 11.7. The zero-order valence-electron chi connectivity index (χ0n) is 14.0.